The molecule has 4 rings (SSSR count). The number of H-pyrrole nitrogens is 1. The first-order chi connectivity index (χ1) is 12.2. The fourth-order valence-corrected chi connectivity index (χ4v) is 3.16. The lowest BCUT2D eigenvalue weighted by Gasteiger charge is -2.24. The number of benzene rings is 1. The quantitative estimate of drug-likeness (QED) is 0.866. The average Bonchev–Trinajstić information content (AvgIpc) is 3.39. The van der Waals surface area contributed by atoms with Gasteiger partial charge in [-0.25, -0.2) is 0 Å². The van der Waals surface area contributed by atoms with Crippen molar-refractivity contribution in [3.63, 3.8) is 0 Å². The predicted octanol–water partition coefficient (Wildman–Crippen LogP) is 1.06. The molecule has 0 aliphatic carbocycles. The van der Waals surface area contributed by atoms with Crippen LogP contribution in [0.1, 0.15) is 28.9 Å². The number of nitrogens with one attached hydrogen (secondary N) is 2. The number of carbonyl (C=O) groups excluding carboxylic acids is 2. The second-order valence-electron chi connectivity index (χ2n) is 6.02. The van der Waals surface area contributed by atoms with Crippen LogP contribution in [0.15, 0.2) is 30.5 Å². The second kappa shape index (κ2) is 6.46. The van der Waals surface area contributed by atoms with E-state index in [0.29, 0.717) is 36.6 Å². The standard InChI is InChI=1S/C17H18N4O4/c22-16(18-9-12-5-6-19-20-12)13-2-1-7-21(13)17(23)11-3-4-14-15(8-11)25-10-24-14/h3-6,8,13H,1-2,7,9-10H2,(H,18,22)(H,19,20)/t13-/m1/s1. The van der Waals surface area contributed by atoms with Crippen molar-refractivity contribution in [3.05, 3.63) is 41.7 Å². The molecule has 0 spiro atoms. The van der Waals surface area contributed by atoms with Gasteiger partial charge in [0.05, 0.1) is 12.2 Å². The van der Waals surface area contributed by atoms with Crippen LogP contribution in [0.3, 0.4) is 0 Å². The summed E-state index contributed by atoms with van der Waals surface area (Å²) < 4.78 is 10.6. The first-order valence-electron chi connectivity index (χ1n) is 8.19. The normalized spacial score (nSPS) is 18.4. The first kappa shape index (κ1) is 15.5. The molecule has 1 fully saturated rings. The summed E-state index contributed by atoms with van der Waals surface area (Å²) >= 11 is 0. The van der Waals surface area contributed by atoms with Crippen LogP contribution < -0.4 is 14.8 Å². The number of hydrogen-bond acceptors (Lipinski definition) is 5. The molecule has 1 saturated heterocycles. The molecule has 2 aliphatic heterocycles. The van der Waals surface area contributed by atoms with Gasteiger partial charge in [-0.15, -0.1) is 0 Å². The molecule has 130 valence electrons. The Hall–Kier alpha value is -3.03. The van der Waals surface area contributed by atoms with Gasteiger partial charge < -0.3 is 19.7 Å². The van der Waals surface area contributed by atoms with E-state index in [-0.39, 0.29) is 18.6 Å². The number of ether oxygens (including phenoxy) is 2. The molecule has 1 aromatic carbocycles. The Kier molecular flexibility index (Phi) is 4.01. The topological polar surface area (TPSA) is 96.6 Å². The van der Waals surface area contributed by atoms with Crippen LogP contribution in [-0.4, -0.2) is 46.3 Å². The highest BCUT2D eigenvalue weighted by Gasteiger charge is 2.34. The van der Waals surface area contributed by atoms with Crippen molar-refractivity contribution in [2.24, 2.45) is 0 Å². The smallest absolute Gasteiger partial charge is 0.254 e. The summed E-state index contributed by atoms with van der Waals surface area (Å²) in [7, 11) is 0. The number of carbonyl (C=O) groups is 2. The maximum atomic E-state index is 12.8. The van der Waals surface area contributed by atoms with Gasteiger partial charge in [0.15, 0.2) is 11.5 Å². The molecular weight excluding hydrogens is 324 g/mol. The number of amides is 2. The fourth-order valence-electron chi connectivity index (χ4n) is 3.16. The van der Waals surface area contributed by atoms with Crippen molar-refractivity contribution in [1.29, 1.82) is 0 Å². The summed E-state index contributed by atoms with van der Waals surface area (Å²) in [4.78, 5) is 26.9. The third-order valence-electron chi connectivity index (χ3n) is 4.45. The van der Waals surface area contributed by atoms with Crippen LogP contribution in [0.25, 0.3) is 0 Å². The summed E-state index contributed by atoms with van der Waals surface area (Å²) in [5, 5.41) is 9.50. The molecule has 2 aliphatic rings. The molecule has 2 aromatic rings. The molecular formula is C17H18N4O4. The monoisotopic (exact) mass is 342 g/mol. The lowest BCUT2D eigenvalue weighted by atomic mass is 10.1. The Bertz CT molecular complexity index is 790. The van der Waals surface area contributed by atoms with Crippen LogP contribution in [0.2, 0.25) is 0 Å². The maximum absolute atomic E-state index is 12.8. The van der Waals surface area contributed by atoms with Crippen LogP contribution in [0, 0.1) is 0 Å². The van der Waals surface area contributed by atoms with Gasteiger partial charge in [0.1, 0.15) is 6.04 Å². The van der Waals surface area contributed by atoms with Crippen LogP contribution in [-0.2, 0) is 11.3 Å². The molecule has 25 heavy (non-hydrogen) atoms. The minimum absolute atomic E-state index is 0.152. The summed E-state index contributed by atoms with van der Waals surface area (Å²) in [6.07, 6.45) is 3.09. The summed E-state index contributed by atoms with van der Waals surface area (Å²) in [6.45, 7) is 1.09. The van der Waals surface area contributed by atoms with Gasteiger partial charge in [0.2, 0.25) is 12.7 Å². The molecule has 0 bridgehead atoms. The molecule has 2 amide bonds. The molecule has 8 heteroatoms. The molecule has 0 unspecified atom stereocenters. The number of fused-ring (bicyclic) bond motifs is 1. The van der Waals surface area contributed by atoms with Gasteiger partial charge in [-0.2, -0.15) is 5.10 Å². The van der Waals surface area contributed by atoms with Crippen molar-refractivity contribution in [1.82, 2.24) is 20.4 Å². The number of hydrogen-bond donors (Lipinski definition) is 2. The molecule has 8 nitrogen and oxygen atoms in total. The molecule has 2 N–H and O–H groups in total. The molecule has 0 saturated carbocycles. The maximum Gasteiger partial charge on any atom is 0.254 e. The Balaban J connectivity index is 1.45. The SMILES string of the molecule is O=C(NCc1ccn[nH]1)[C@H]1CCCN1C(=O)c1ccc2c(c1)OCO2. The highest BCUT2D eigenvalue weighted by molar-refractivity contribution is 5.98. The average molecular weight is 342 g/mol. The third kappa shape index (κ3) is 3.02. The van der Waals surface area contributed by atoms with E-state index in [1.54, 1.807) is 35.4 Å². The van der Waals surface area contributed by atoms with E-state index >= 15 is 0 Å². The van der Waals surface area contributed by atoms with Crippen LogP contribution >= 0.6 is 0 Å². The van der Waals surface area contributed by atoms with Crippen molar-refractivity contribution in [3.8, 4) is 11.5 Å². The second-order valence-corrected chi connectivity index (χ2v) is 6.02. The zero-order valence-electron chi connectivity index (χ0n) is 13.5. The molecule has 0 radical (unpaired) electrons. The number of aromatic amines is 1. The van der Waals surface area contributed by atoms with Gasteiger partial charge in [0, 0.05) is 18.3 Å². The minimum Gasteiger partial charge on any atom is -0.454 e. The molecule has 1 aromatic heterocycles. The number of rotatable bonds is 4. The van der Waals surface area contributed by atoms with Crippen molar-refractivity contribution >= 4 is 11.8 Å². The van der Waals surface area contributed by atoms with Gasteiger partial charge in [-0.1, -0.05) is 0 Å². The zero-order valence-corrected chi connectivity index (χ0v) is 13.5. The van der Waals surface area contributed by atoms with Crippen molar-refractivity contribution in [2.75, 3.05) is 13.3 Å². The van der Waals surface area contributed by atoms with Gasteiger partial charge >= 0.3 is 0 Å². The first-order valence-corrected chi connectivity index (χ1v) is 8.19. The van der Waals surface area contributed by atoms with E-state index in [0.717, 1.165) is 12.1 Å². The van der Waals surface area contributed by atoms with Crippen LogP contribution in [0.4, 0.5) is 0 Å². The van der Waals surface area contributed by atoms with Gasteiger partial charge in [-0.3, -0.25) is 14.7 Å². The summed E-state index contributed by atoms with van der Waals surface area (Å²) in [5.74, 6) is 0.871. The van der Waals surface area contributed by atoms with Gasteiger partial charge in [0.25, 0.3) is 5.91 Å². The highest BCUT2D eigenvalue weighted by atomic mass is 16.7. The third-order valence-corrected chi connectivity index (χ3v) is 4.45. The van der Waals surface area contributed by atoms with Crippen molar-refractivity contribution < 1.29 is 19.1 Å². The highest BCUT2D eigenvalue weighted by Crippen LogP contribution is 2.33. The lowest BCUT2D eigenvalue weighted by Crippen LogP contribution is -2.45. The van der Waals surface area contributed by atoms with E-state index in [4.69, 9.17) is 9.47 Å². The Morgan fingerprint density at radius 1 is 1.28 bits per heavy atom. The van der Waals surface area contributed by atoms with E-state index in [2.05, 4.69) is 15.5 Å². The summed E-state index contributed by atoms with van der Waals surface area (Å²) in [6, 6.07) is 6.43. The van der Waals surface area contributed by atoms with Crippen LogP contribution in [0.5, 0.6) is 11.5 Å². The minimum atomic E-state index is -0.458. The fraction of sp³-hybridized carbons (Fsp3) is 0.353. The van der Waals surface area contributed by atoms with Gasteiger partial charge in [-0.05, 0) is 37.1 Å². The van der Waals surface area contributed by atoms with Crippen molar-refractivity contribution in [2.45, 2.75) is 25.4 Å². The zero-order chi connectivity index (χ0) is 17.2. The van der Waals surface area contributed by atoms with E-state index in [1.807, 2.05) is 0 Å². The number of likely N-dealkylation sites (tertiary alicyclic amines) is 1. The Morgan fingerprint density at radius 3 is 3.00 bits per heavy atom. The lowest BCUT2D eigenvalue weighted by molar-refractivity contribution is -0.125. The van der Waals surface area contributed by atoms with E-state index in [9.17, 15) is 9.59 Å². The largest absolute Gasteiger partial charge is 0.454 e. The molecule has 1 atom stereocenters. The number of nitrogens with zero attached hydrogens (tertiary/aromatic N) is 2. The number of aromatic nitrogens is 2. The Labute approximate surface area is 144 Å². The Morgan fingerprint density at radius 2 is 2.16 bits per heavy atom. The van der Waals surface area contributed by atoms with E-state index < -0.39 is 6.04 Å². The molecule has 3 heterocycles. The summed E-state index contributed by atoms with van der Waals surface area (Å²) in [5.41, 5.74) is 1.32. The predicted molar refractivity (Wildman–Crippen MR) is 87.1 cm³/mol. The van der Waals surface area contributed by atoms with E-state index in [1.165, 1.54) is 0 Å².